The quantitative estimate of drug-likeness (QED) is 0.553. The topological polar surface area (TPSA) is 112 Å². The molecule has 2 aromatic rings. The predicted octanol–water partition coefficient (Wildman–Crippen LogP) is 3.11. The summed E-state index contributed by atoms with van der Waals surface area (Å²) < 4.78 is 20.4. The number of benzene rings is 2. The Hall–Kier alpha value is -3.75. The van der Waals surface area contributed by atoms with E-state index in [0.29, 0.717) is 22.9 Å². The van der Waals surface area contributed by atoms with Gasteiger partial charge in [-0.2, -0.15) is 0 Å². The fourth-order valence-electron chi connectivity index (χ4n) is 2.66. The SMILES string of the molecule is CCOC(=O)c1cc(NCC(=O)Nc2cc(OC)cc(OC)c2)cc(C(=O)OCC)c1. The van der Waals surface area contributed by atoms with Gasteiger partial charge in [0, 0.05) is 29.6 Å². The van der Waals surface area contributed by atoms with Gasteiger partial charge in [-0.1, -0.05) is 0 Å². The summed E-state index contributed by atoms with van der Waals surface area (Å²) >= 11 is 0. The van der Waals surface area contributed by atoms with Crippen LogP contribution in [-0.4, -0.2) is 51.8 Å². The van der Waals surface area contributed by atoms with Gasteiger partial charge in [0.25, 0.3) is 0 Å². The van der Waals surface area contributed by atoms with E-state index < -0.39 is 11.9 Å². The second-order valence-corrected chi connectivity index (χ2v) is 6.24. The highest BCUT2D eigenvalue weighted by atomic mass is 16.5. The first-order valence-corrected chi connectivity index (χ1v) is 9.66. The maximum Gasteiger partial charge on any atom is 0.338 e. The first kappa shape index (κ1) is 23.5. The summed E-state index contributed by atoms with van der Waals surface area (Å²) in [5.41, 5.74) is 1.24. The average molecular weight is 430 g/mol. The first-order chi connectivity index (χ1) is 14.9. The van der Waals surface area contributed by atoms with Crippen LogP contribution in [0.5, 0.6) is 11.5 Å². The number of rotatable bonds is 10. The molecule has 31 heavy (non-hydrogen) atoms. The van der Waals surface area contributed by atoms with Crippen LogP contribution in [0.1, 0.15) is 34.6 Å². The Morgan fingerprint density at radius 2 is 1.26 bits per heavy atom. The first-order valence-electron chi connectivity index (χ1n) is 9.66. The van der Waals surface area contributed by atoms with Crippen LogP contribution in [0, 0.1) is 0 Å². The highest BCUT2D eigenvalue weighted by Crippen LogP contribution is 2.25. The van der Waals surface area contributed by atoms with E-state index in [9.17, 15) is 14.4 Å². The van der Waals surface area contributed by atoms with Crippen molar-refractivity contribution in [3.8, 4) is 11.5 Å². The molecule has 0 spiro atoms. The molecule has 0 aliphatic heterocycles. The zero-order chi connectivity index (χ0) is 22.8. The Labute approximate surface area is 180 Å². The van der Waals surface area contributed by atoms with Crippen molar-refractivity contribution in [1.82, 2.24) is 0 Å². The van der Waals surface area contributed by atoms with Crippen molar-refractivity contribution in [3.05, 3.63) is 47.5 Å². The zero-order valence-electron chi connectivity index (χ0n) is 17.9. The molecule has 2 aromatic carbocycles. The van der Waals surface area contributed by atoms with Gasteiger partial charge in [-0.15, -0.1) is 0 Å². The van der Waals surface area contributed by atoms with Gasteiger partial charge in [-0.25, -0.2) is 9.59 Å². The molecule has 0 saturated carbocycles. The zero-order valence-corrected chi connectivity index (χ0v) is 17.9. The number of hydrogen-bond acceptors (Lipinski definition) is 8. The van der Waals surface area contributed by atoms with E-state index in [0.717, 1.165) is 0 Å². The number of anilines is 2. The molecule has 0 unspecified atom stereocenters. The van der Waals surface area contributed by atoms with Gasteiger partial charge in [0.05, 0.1) is 45.1 Å². The predicted molar refractivity (Wildman–Crippen MR) is 115 cm³/mol. The molecule has 9 heteroatoms. The second kappa shape index (κ2) is 11.4. The lowest BCUT2D eigenvalue weighted by Gasteiger charge is -2.12. The lowest BCUT2D eigenvalue weighted by atomic mass is 10.1. The summed E-state index contributed by atoms with van der Waals surface area (Å²) in [5, 5.41) is 5.64. The summed E-state index contributed by atoms with van der Waals surface area (Å²) in [6, 6.07) is 9.39. The van der Waals surface area contributed by atoms with Crippen LogP contribution in [0.25, 0.3) is 0 Å². The van der Waals surface area contributed by atoms with E-state index in [2.05, 4.69) is 10.6 Å². The van der Waals surface area contributed by atoms with Crippen LogP contribution in [-0.2, 0) is 14.3 Å². The van der Waals surface area contributed by atoms with Gasteiger partial charge in [-0.05, 0) is 32.0 Å². The van der Waals surface area contributed by atoms with Crippen molar-refractivity contribution in [2.45, 2.75) is 13.8 Å². The van der Waals surface area contributed by atoms with Gasteiger partial charge < -0.3 is 29.6 Å². The summed E-state index contributed by atoms with van der Waals surface area (Å²) in [6.07, 6.45) is 0. The summed E-state index contributed by atoms with van der Waals surface area (Å²) in [6.45, 7) is 3.64. The molecule has 166 valence electrons. The largest absolute Gasteiger partial charge is 0.497 e. The fraction of sp³-hybridized carbons (Fsp3) is 0.318. The molecule has 0 bridgehead atoms. The highest BCUT2D eigenvalue weighted by Gasteiger charge is 2.15. The standard InChI is InChI=1S/C22H26N2O7/c1-5-30-21(26)14-7-15(22(27)31-6-2)9-16(8-14)23-13-20(25)24-17-10-18(28-3)12-19(11-17)29-4/h7-12,23H,5-6,13H2,1-4H3,(H,24,25). The number of amides is 1. The highest BCUT2D eigenvalue weighted by molar-refractivity contribution is 5.98. The molecule has 2 N–H and O–H groups in total. The minimum atomic E-state index is -0.579. The maximum atomic E-state index is 12.4. The van der Waals surface area contributed by atoms with Gasteiger partial charge in [0.2, 0.25) is 5.91 Å². The summed E-state index contributed by atoms with van der Waals surface area (Å²) in [5.74, 6) is -0.448. The monoisotopic (exact) mass is 430 g/mol. The van der Waals surface area contributed by atoms with Crippen LogP contribution in [0.3, 0.4) is 0 Å². The number of nitrogens with one attached hydrogen (secondary N) is 2. The molecular weight excluding hydrogens is 404 g/mol. The van der Waals surface area contributed by atoms with Gasteiger partial charge in [0.1, 0.15) is 11.5 Å². The minimum Gasteiger partial charge on any atom is -0.497 e. The third-order valence-electron chi connectivity index (χ3n) is 4.04. The van der Waals surface area contributed by atoms with Crippen molar-refractivity contribution < 1.29 is 33.3 Å². The van der Waals surface area contributed by atoms with Crippen molar-refractivity contribution >= 4 is 29.2 Å². The lowest BCUT2D eigenvalue weighted by molar-refractivity contribution is -0.114. The Bertz CT molecular complexity index is 885. The second-order valence-electron chi connectivity index (χ2n) is 6.24. The van der Waals surface area contributed by atoms with Crippen molar-refractivity contribution in [1.29, 1.82) is 0 Å². The average Bonchev–Trinajstić information content (AvgIpc) is 2.77. The van der Waals surface area contributed by atoms with E-state index in [-0.39, 0.29) is 36.8 Å². The number of hydrogen-bond donors (Lipinski definition) is 2. The van der Waals surface area contributed by atoms with Gasteiger partial charge in [0.15, 0.2) is 0 Å². The van der Waals surface area contributed by atoms with Gasteiger partial charge in [-0.3, -0.25) is 4.79 Å². The lowest BCUT2D eigenvalue weighted by Crippen LogP contribution is -2.22. The van der Waals surface area contributed by atoms with E-state index in [1.165, 1.54) is 32.4 Å². The molecule has 2 rings (SSSR count). The van der Waals surface area contributed by atoms with Gasteiger partial charge >= 0.3 is 11.9 Å². The smallest absolute Gasteiger partial charge is 0.338 e. The molecule has 0 aliphatic carbocycles. The molecular formula is C22H26N2O7. The van der Waals surface area contributed by atoms with Crippen LogP contribution in [0.2, 0.25) is 0 Å². The Kier molecular flexibility index (Phi) is 8.68. The maximum absolute atomic E-state index is 12.4. The van der Waals surface area contributed by atoms with Crippen molar-refractivity contribution in [2.75, 3.05) is 44.6 Å². The summed E-state index contributed by atoms with van der Waals surface area (Å²) in [7, 11) is 3.03. The Morgan fingerprint density at radius 3 is 1.71 bits per heavy atom. The number of esters is 2. The third kappa shape index (κ3) is 6.91. The normalized spacial score (nSPS) is 10.1. The minimum absolute atomic E-state index is 0.117. The van der Waals surface area contributed by atoms with E-state index >= 15 is 0 Å². The van der Waals surface area contributed by atoms with Crippen molar-refractivity contribution in [3.63, 3.8) is 0 Å². The molecule has 0 aliphatic rings. The number of methoxy groups -OCH3 is 2. The molecule has 0 heterocycles. The fourth-order valence-corrected chi connectivity index (χ4v) is 2.66. The molecule has 0 atom stereocenters. The molecule has 0 aromatic heterocycles. The number of carbonyl (C=O) groups excluding carboxylic acids is 3. The molecule has 0 fully saturated rings. The van der Waals surface area contributed by atoms with Crippen LogP contribution < -0.4 is 20.1 Å². The van der Waals surface area contributed by atoms with E-state index in [1.54, 1.807) is 32.0 Å². The molecule has 0 saturated heterocycles. The Balaban J connectivity index is 2.15. The van der Waals surface area contributed by atoms with Crippen LogP contribution in [0.4, 0.5) is 11.4 Å². The van der Waals surface area contributed by atoms with Crippen molar-refractivity contribution in [2.24, 2.45) is 0 Å². The molecule has 9 nitrogen and oxygen atoms in total. The number of carbonyl (C=O) groups is 3. The summed E-state index contributed by atoms with van der Waals surface area (Å²) in [4.78, 5) is 36.6. The Morgan fingerprint density at radius 1 is 0.742 bits per heavy atom. The van der Waals surface area contributed by atoms with Crippen LogP contribution in [0.15, 0.2) is 36.4 Å². The van der Waals surface area contributed by atoms with Crippen LogP contribution >= 0.6 is 0 Å². The third-order valence-corrected chi connectivity index (χ3v) is 4.04. The molecule has 0 radical (unpaired) electrons. The molecule has 1 amide bonds. The van der Waals surface area contributed by atoms with E-state index in [4.69, 9.17) is 18.9 Å². The number of ether oxygens (including phenoxy) is 4. The van der Waals surface area contributed by atoms with E-state index in [1.807, 2.05) is 0 Å².